The Hall–Kier alpha value is -2.17. The minimum Gasteiger partial charge on any atom is -0.478 e. The van der Waals surface area contributed by atoms with Gasteiger partial charge in [0.25, 0.3) is 0 Å². The van der Waals surface area contributed by atoms with Crippen LogP contribution in [-0.4, -0.2) is 25.8 Å². The Kier molecular flexibility index (Phi) is 3.41. The second-order valence-corrected chi connectivity index (χ2v) is 4.18. The number of aromatic nitrogens is 3. The fraction of sp³-hybridized carbons (Fsp3) is 0.308. The molecule has 2 heterocycles. The van der Waals surface area contributed by atoms with E-state index in [2.05, 4.69) is 10.1 Å². The number of pyridine rings is 1. The zero-order valence-electron chi connectivity index (χ0n) is 10.4. The highest BCUT2D eigenvalue weighted by Gasteiger charge is 2.18. The lowest BCUT2D eigenvalue weighted by molar-refractivity contribution is 0.0697. The van der Waals surface area contributed by atoms with E-state index in [0.717, 1.165) is 12.0 Å². The first-order valence-corrected chi connectivity index (χ1v) is 5.86. The first-order valence-electron chi connectivity index (χ1n) is 5.86. The highest BCUT2D eigenvalue weighted by atomic mass is 16.4. The van der Waals surface area contributed by atoms with Crippen LogP contribution in [0.3, 0.4) is 0 Å². The van der Waals surface area contributed by atoms with Gasteiger partial charge in [0.2, 0.25) is 0 Å². The van der Waals surface area contributed by atoms with Crippen LogP contribution in [0, 0.1) is 0 Å². The molecule has 0 bridgehead atoms. The third-order valence-corrected chi connectivity index (χ3v) is 2.94. The number of aromatic carboxylic acids is 1. The lowest BCUT2D eigenvalue weighted by Gasteiger charge is -2.07. The molecule has 1 N–H and O–H groups in total. The summed E-state index contributed by atoms with van der Waals surface area (Å²) in [5.74, 6) is -0.969. The molecule has 0 aliphatic heterocycles. The predicted octanol–water partition coefficient (Wildman–Crippen LogP) is 2.61. The number of rotatable bonds is 4. The average molecular weight is 245 g/mol. The highest BCUT2D eigenvalue weighted by Crippen LogP contribution is 2.23. The van der Waals surface area contributed by atoms with E-state index in [1.165, 1.54) is 0 Å². The summed E-state index contributed by atoms with van der Waals surface area (Å²) in [6.45, 7) is 4.04. The Labute approximate surface area is 105 Å². The smallest absolute Gasteiger partial charge is 0.339 e. The number of hydrogen-bond donors (Lipinski definition) is 1. The normalized spacial score (nSPS) is 12.3. The van der Waals surface area contributed by atoms with E-state index in [-0.39, 0.29) is 11.6 Å². The van der Waals surface area contributed by atoms with Crippen molar-refractivity contribution in [2.75, 3.05) is 0 Å². The molecule has 0 aromatic carbocycles. The van der Waals surface area contributed by atoms with Crippen molar-refractivity contribution in [2.45, 2.75) is 26.3 Å². The lowest BCUT2D eigenvalue weighted by atomic mass is 10.1. The summed E-state index contributed by atoms with van der Waals surface area (Å²) in [6.07, 6.45) is 5.75. The molecular weight excluding hydrogens is 230 g/mol. The van der Waals surface area contributed by atoms with Crippen molar-refractivity contribution in [2.24, 2.45) is 0 Å². The van der Waals surface area contributed by atoms with Crippen LogP contribution in [0.1, 0.15) is 36.7 Å². The van der Waals surface area contributed by atoms with Crippen LogP contribution in [0.2, 0.25) is 0 Å². The molecule has 0 aliphatic rings. The number of carbonyl (C=O) groups is 1. The molecule has 0 aliphatic carbocycles. The maximum atomic E-state index is 11.2. The van der Waals surface area contributed by atoms with E-state index in [4.69, 9.17) is 0 Å². The van der Waals surface area contributed by atoms with E-state index in [9.17, 15) is 9.90 Å². The molecule has 0 saturated heterocycles. The van der Waals surface area contributed by atoms with Crippen molar-refractivity contribution in [3.63, 3.8) is 0 Å². The molecule has 5 nitrogen and oxygen atoms in total. The predicted molar refractivity (Wildman–Crippen MR) is 67.4 cm³/mol. The maximum Gasteiger partial charge on any atom is 0.339 e. The van der Waals surface area contributed by atoms with Gasteiger partial charge in [-0.1, -0.05) is 6.92 Å². The van der Waals surface area contributed by atoms with E-state index in [1.807, 2.05) is 19.9 Å². The second-order valence-electron chi connectivity index (χ2n) is 4.18. The van der Waals surface area contributed by atoms with Crippen LogP contribution in [0.5, 0.6) is 0 Å². The molecule has 0 amide bonds. The largest absolute Gasteiger partial charge is 0.478 e. The zero-order valence-corrected chi connectivity index (χ0v) is 10.4. The summed E-state index contributed by atoms with van der Waals surface area (Å²) >= 11 is 0. The molecule has 0 radical (unpaired) electrons. The minimum atomic E-state index is -0.969. The number of carboxylic acid groups (broad SMARTS) is 1. The topological polar surface area (TPSA) is 68.0 Å². The van der Waals surface area contributed by atoms with Crippen molar-refractivity contribution in [1.82, 2.24) is 14.8 Å². The molecule has 1 atom stereocenters. The number of nitrogens with zero attached hydrogens (tertiary/aromatic N) is 3. The van der Waals surface area contributed by atoms with E-state index < -0.39 is 5.97 Å². The summed E-state index contributed by atoms with van der Waals surface area (Å²) < 4.78 is 1.70. The second kappa shape index (κ2) is 5.00. The van der Waals surface area contributed by atoms with Gasteiger partial charge in [-0.3, -0.25) is 9.67 Å². The van der Waals surface area contributed by atoms with E-state index in [0.29, 0.717) is 5.69 Å². The average Bonchev–Trinajstić information content (AvgIpc) is 2.84. The van der Waals surface area contributed by atoms with Gasteiger partial charge in [-0.2, -0.15) is 5.10 Å². The zero-order chi connectivity index (χ0) is 13.1. The summed E-state index contributed by atoms with van der Waals surface area (Å²) in [5.41, 5.74) is 1.40. The Morgan fingerprint density at radius 3 is 2.89 bits per heavy atom. The maximum absolute atomic E-state index is 11.2. The summed E-state index contributed by atoms with van der Waals surface area (Å²) in [5, 5.41) is 13.6. The third kappa shape index (κ3) is 2.25. The Bertz CT molecular complexity index is 549. The van der Waals surface area contributed by atoms with Crippen molar-refractivity contribution < 1.29 is 9.90 Å². The minimum absolute atomic E-state index is 0.175. The lowest BCUT2D eigenvalue weighted by Crippen LogP contribution is -2.04. The summed E-state index contributed by atoms with van der Waals surface area (Å²) in [7, 11) is 0. The van der Waals surface area contributed by atoms with Gasteiger partial charge in [0, 0.05) is 30.2 Å². The van der Waals surface area contributed by atoms with Crippen molar-refractivity contribution >= 4 is 5.97 Å². The molecule has 2 rings (SSSR count). The van der Waals surface area contributed by atoms with Gasteiger partial charge in [0.1, 0.15) is 11.3 Å². The van der Waals surface area contributed by atoms with Gasteiger partial charge in [0.05, 0.1) is 0 Å². The monoisotopic (exact) mass is 245 g/mol. The Balaban J connectivity index is 2.52. The molecule has 2 aromatic heterocycles. The Morgan fingerprint density at radius 2 is 2.33 bits per heavy atom. The molecule has 0 spiro atoms. The number of hydrogen-bond acceptors (Lipinski definition) is 3. The van der Waals surface area contributed by atoms with Crippen LogP contribution < -0.4 is 0 Å². The molecule has 0 fully saturated rings. The quantitative estimate of drug-likeness (QED) is 0.899. The van der Waals surface area contributed by atoms with Crippen molar-refractivity contribution in [3.8, 4) is 11.3 Å². The first kappa shape index (κ1) is 12.3. The summed E-state index contributed by atoms with van der Waals surface area (Å²) in [6, 6.07) is 3.75. The van der Waals surface area contributed by atoms with Crippen molar-refractivity contribution in [3.05, 3.63) is 36.3 Å². The SMILES string of the molecule is CCC(C)n1cc(C(=O)O)c(-c2cccnc2)n1. The molecule has 2 aromatic rings. The standard InChI is InChI=1S/C13H15N3O2/c1-3-9(2)16-8-11(13(17)18)12(15-16)10-5-4-6-14-7-10/h4-9H,3H2,1-2H3,(H,17,18). The molecule has 1 unspecified atom stereocenters. The van der Waals surface area contributed by atoms with Gasteiger partial charge >= 0.3 is 5.97 Å². The van der Waals surface area contributed by atoms with Gasteiger partial charge in [-0.15, -0.1) is 0 Å². The van der Waals surface area contributed by atoms with E-state index in [1.54, 1.807) is 29.3 Å². The summed E-state index contributed by atoms with van der Waals surface area (Å²) in [4.78, 5) is 15.2. The first-order chi connectivity index (χ1) is 8.63. The molecule has 0 saturated carbocycles. The molecule has 5 heteroatoms. The van der Waals surface area contributed by atoms with E-state index >= 15 is 0 Å². The fourth-order valence-corrected chi connectivity index (χ4v) is 1.68. The van der Waals surface area contributed by atoms with Gasteiger partial charge in [-0.25, -0.2) is 4.79 Å². The molecule has 18 heavy (non-hydrogen) atoms. The van der Waals surface area contributed by atoms with Gasteiger partial charge < -0.3 is 5.11 Å². The van der Waals surface area contributed by atoms with Crippen LogP contribution in [0.25, 0.3) is 11.3 Å². The van der Waals surface area contributed by atoms with Gasteiger partial charge in [0.15, 0.2) is 0 Å². The third-order valence-electron chi connectivity index (χ3n) is 2.94. The van der Waals surface area contributed by atoms with Crippen LogP contribution in [0.4, 0.5) is 0 Å². The van der Waals surface area contributed by atoms with Crippen LogP contribution >= 0.6 is 0 Å². The van der Waals surface area contributed by atoms with Crippen LogP contribution in [-0.2, 0) is 0 Å². The Morgan fingerprint density at radius 1 is 1.56 bits per heavy atom. The van der Waals surface area contributed by atoms with Crippen LogP contribution in [0.15, 0.2) is 30.7 Å². The van der Waals surface area contributed by atoms with Gasteiger partial charge in [-0.05, 0) is 25.5 Å². The molecular formula is C13H15N3O2. The van der Waals surface area contributed by atoms with Crippen molar-refractivity contribution in [1.29, 1.82) is 0 Å². The number of carboxylic acids is 1. The molecule has 94 valence electrons. The highest BCUT2D eigenvalue weighted by molar-refractivity contribution is 5.94. The fourth-order valence-electron chi connectivity index (χ4n) is 1.68.